The van der Waals surface area contributed by atoms with E-state index in [2.05, 4.69) is 4.90 Å². The van der Waals surface area contributed by atoms with E-state index in [4.69, 9.17) is 0 Å². The number of hydrogen-bond donors (Lipinski definition) is 1. The van der Waals surface area contributed by atoms with Crippen LogP contribution in [0.15, 0.2) is 24.3 Å². The predicted molar refractivity (Wildman–Crippen MR) is 78.4 cm³/mol. The fraction of sp³-hybridized carbons (Fsp3) is 0.588. The monoisotopic (exact) mass is 291 g/mol. The number of fused-ring (bicyclic) bond motifs is 1. The molecule has 0 amide bonds. The first-order valence-corrected chi connectivity index (χ1v) is 7.85. The van der Waals surface area contributed by atoms with Crippen LogP contribution in [0.5, 0.6) is 0 Å². The van der Waals surface area contributed by atoms with Crippen molar-refractivity contribution >= 4 is 5.97 Å². The highest BCUT2D eigenvalue weighted by molar-refractivity contribution is 5.74. The maximum atomic E-state index is 13.5. The van der Waals surface area contributed by atoms with Crippen LogP contribution in [0.4, 0.5) is 4.39 Å². The Morgan fingerprint density at radius 3 is 2.95 bits per heavy atom. The Bertz CT molecular complexity index is 533. The average molecular weight is 291 g/mol. The van der Waals surface area contributed by atoms with Gasteiger partial charge in [-0.05, 0) is 48.8 Å². The minimum absolute atomic E-state index is 0.00704. The van der Waals surface area contributed by atoms with Crippen molar-refractivity contribution in [1.82, 2.24) is 4.90 Å². The highest BCUT2D eigenvalue weighted by atomic mass is 19.1. The lowest BCUT2D eigenvalue weighted by atomic mass is 9.93. The molecule has 1 aliphatic carbocycles. The second-order valence-corrected chi connectivity index (χ2v) is 6.31. The fourth-order valence-electron chi connectivity index (χ4n) is 4.36. The van der Waals surface area contributed by atoms with E-state index in [1.807, 2.05) is 13.0 Å². The second kappa shape index (κ2) is 5.76. The minimum atomic E-state index is -0.723. The summed E-state index contributed by atoms with van der Waals surface area (Å²) < 4.78 is 13.5. The molecule has 0 bridgehead atoms. The Morgan fingerprint density at radius 1 is 1.48 bits per heavy atom. The molecule has 1 aromatic rings. The molecule has 4 heteroatoms. The molecule has 1 saturated heterocycles. The molecule has 21 heavy (non-hydrogen) atoms. The zero-order valence-electron chi connectivity index (χ0n) is 12.3. The zero-order chi connectivity index (χ0) is 15.0. The number of carboxylic acids is 1. The van der Waals surface area contributed by atoms with Crippen molar-refractivity contribution in [3.05, 3.63) is 35.6 Å². The zero-order valence-corrected chi connectivity index (χ0v) is 12.3. The van der Waals surface area contributed by atoms with E-state index in [1.165, 1.54) is 6.07 Å². The summed E-state index contributed by atoms with van der Waals surface area (Å²) in [6, 6.07) is 6.17. The minimum Gasteiger partial charge on any atom is -0.480 e. The number of benzene rings is 1. The first-order chi connectivity index (χ1) is 10.1. The van der Waals surface area contributed by atoms with E-state index in [9.17, 15) is 14.3 Å². The lowest BCUT2D eigenvalue weighted by molar-refractivity contribution is -0.144. The van der Waals surface area contributed by atoms with Crippen LogP contribution in [0.25, 0.3) is 0 Å². The van der Waals surface area contributed by atoms with Gasteiger partial charge in [-0.1, -0.05) is 25.5 Å². The molecule has 0 aromatic heterocycles. The number of rotatable bonds is 4. The Balaban J connectivity index is 1.91. The number of nitrogens with zero attached hydrogens (tertiary/aromatic N) is 1. The van der Waals surface area contributed by atoms with Crippen molar-refractivity contribution in [3.8, 4) is 0 Å². The molecule has 114 valence electrons. The number of carbonyl (C=O) groups is 1. The molecule has 1 heterocycles. The van der Waals surface area contributed by atoms with Crippen molar-refractivity contribution in [1.29, 1.82) is 0 Å². The van der Waals surface area contributed by atoms with Gasteiger partial charge in [-0.15, -0.1) is 0 Å². The number of aliphatic carboxylic acids is 1. The smallest absolute Gasteiger partial charge is 0.321 e. The Hall–Kier alpha value is -1.42. The van der Waals surface area contributed by atoms with Gasteiger partial charge >= 0.3 is 5.97 Å². The Labute approximate surface area is 124 Å². The third kappa shape index (κ3) is 2.57. The summed E-state index contributed by atoms with van der Waals surface area (Å²) in [6.45, 7) is 2.87. The molecule has 0 radical (unpaired) electrons. The van der Waals surface area contributed by atoms with Crippen LogP contribution in [0.3, 0.4) is 0 Å². The van der Waals surface area contributed by atoms with Crippen molar-refractivity contribution in [2.24, 2.45) is 11.8 Å². The summed E-state index contributed by atoms with van der Waals surface area (Å²) in [5.41, 5.74) is 0.892. The van der Waals surface area contributed by atoms with Crippen molar-refractivity contribution in [2.75, 3.05) is 6.54 Å². The maximum Gasteiger partial charge on any atom is 0.321 e. The lowest BCUT2D eigenvalue weighted by Gasteiger charge is -2.32. The Morgan fingerprint density at radius 2 is 2.29 bits per heavy atom. The predicted octanol–water partition coefficient (Wildman–Crippen LogP) is 3.46. The van der Waals surface area contributed by atoms with E-state index in [1.54, 1.807) is 12.1 Å². The van der Waals surface area contributed by atoms with Crippen molar-refractivity contribution in [3.63, 3.8) is 0 Å². The van der Waals surface area contributed by atoms with Crippen molar-refractivity contribution < 1.29 is 14.3 Å². The molecule has 2 fully saturated rings. The van der Waals surface area contributed by atoms with E-state index >= 15 is 0 Å². The molecule has 4 atom stereocenters. The van der Waals surface area contributed by atoms with E-state index < -0.39 is 12.0 Å². The molecule has 3 rings (SSSR count). The molecular formula is C17H22FNO2. The molecule has 0 spiro atoms. The standard InChI is InChI=1S/C17H22FNO2/c1-2-15(11-5-3-7-13(18)9-11)19-10-12-6-4-8-14(12)16(19)17(20)21/h3,5,7,9,12,14-16H,2,4,6,8,10H2,1H3,(H,20,21). The normalized spacial score (nSPS) is 30.3. The van der Waals surface area contributed by atoms with Gasteiger partial charge in [0.25, 0.3) is 0 Å². The van der Waals surface area contributed by atoms with Crippen molar-refractivity contribution in [2.45, 2.75) is 44.7 Å². The maximum absolute atomic E-state index is 13.5. The van der Waals surface area contributed by atoms with Gasteiger partial charge in [-0.25, -0.2) is 4.39 Å². The summed E-state index contributed by atoms with van der Waals surface area (Å²) >= 11 is 0. The van der Waals surface area contributed by atoms with Gasteiger partial charge in [0.15, 0.2) is 0 Å². The topological polar surface area (TPSA) is 40.5 Å². The first-order valence-electron chi connectivity index (χ1n) is 7.85. The van der Waals surface area contributed by atoms with Gasteiger partial charge in [-0.2, -0.15) is 0 Å². The average Bonchev–Trinajstić information content (AvgIpc) is 2.99. The molecule has 1 saturated carbocycles. The second-order valence-electron chi connectivity index (χ2n) is 6.31. The van der Waals surface area contributed by atoms with Gasteiger partial charge in [0.1, 0.15) is 11.9 Å². The lowest BCUT2D eigenvalue weighted by Crippen LogP contribution is -2.41. The molecule has 1 N–H and O–H groups in total. The number of hydrogen-bond acceptors (Lipinski definition) is 2. The van der Waals surface area contributed by atoms with E-state index in [0.29, 0.717) is 5.92 Å². The van der Waals surface area contributed by atoms with Crippen LogP contribution in [-0.2, 0) is 4.79 Å². The SMILES string of the molecule is CCC(c1cccc(F)c1)N1CC2CCCC2C1C(=O)O. The number of halogens is 1. The first kappa shape index (κ1) is 14.5. The van der Waals surface area contributed by atoms with Gasteiger partial charge in [-0.3, -0.25) is 9.69 Å². The van der Waals surface area contributed by atoms with Crippen LogP contribution in [-0.4, -0.2) is 28.6 Å². The van der Waals surface area contributed by atoms with Crippen LogP contribution in [0.2, 0.25) is 0 Å². The van der Waals surface area contributed by atoms with E-state index in [0.717, 1.165) is 37.8 Å². The van der Waals surface area contributed by atoms with E-state index in [-0.39, 0.29) is 17.8 Å². The van der Waals surface area contributed by atoms with Crippen LogP contribution < -0.4 is 0 Å². The molecule has 1 aliphatic heterocycles. The van der Waals surface area contributed by atoms with Gasteiger partial charge in [0, 0.05) is 12.6 Å². The Kier molecular flexibility index (Phi) is 3.98. The third-order valence-corrected chi connectivity index (χ3v) is 5.20. The molecule has 2 aliphatic rings. The summed E-state index contributed by atoms with van der Waals surface area (Å²) in [6.07, 6.45) is 4.08. The summed E-state index contributed by atoms with van der Waals surface area (Å²) in [7, 11) is 0. The summed E-state index contributed by atoms with van der Waals surface area (Å²) in [5.74, 6) is -0.213. The summed E-state index contributed by atoms with van der Waals surface area (Å²) in [5, 5.41) is 9.66. The van der Waals surface area contributed by atoms with Crippen LogP contribution >= 0.6 is 0 Å². The number of carboxylic acid groups (broad SMARTS) is 1. The molecule has 1 aromatic carbocycles. The van der Waals surface area contributed by atoms with Crippen LogP contribution in [0, 0.1) is 17.7 Å². The largest absolute Gasteiger partial charge is 0.480 e. The molecular weight excluding hydrogens is 269 g/mol. The van der Waals surface area contributed by atoms with Gasteiger partial charge in [0.2, 0.25) is 0 Å². The highest BCUT2D eigenvalue weighted by Crippen LogP contribution is 2.46. The van der Waals surface area contributed by atoms with Gasteiger partial charge in [0.05, 0.1) is 0 Å². The third-order valence-electron chi connectivity index (χ3n) is 5.20. The van der Waals surface area contributed by atoms with Crippen LogP contribution in [0.1, 0.15) is 44.2 Å². The quantitative estimate of drug-likeness (QED) is 0.923. The highest BCUT2D eigenvalue weighted by Gasteiger charge is 2.49. The van der Waals surface area contributed by atoms with Gasteiger partial charge < -0.3 is 5.11 Å². The number of likely N-dealkylation sites (tertiary alicyclic amines) is 1. The summed E-state index contributed by atoms with van der Waals surface area (Å²) in [4.78, 5) is 13.9. The molecule has 4 unspecified atom stereocenters. The molecule has 3 nitrogen and oxygen atoms in total. The fourth-order valence-corrected chi connectivity index (χ4v) is 4.36.